The van der Waals surface area contributed by atoms with E-state index in [0.29, 0.717) is 18.7 Å². The molecule has 0 saturated carbocycles. The number of amides is 2. The van der Waals surface area contributed by atoms with Crippen LogP contribution in [0.2, 0.25) is 0 Å². The predicted molar refractivity (Wildman–Crippen MR) is 122 cm³/mol. The van der Waals surface area contributed by atoms with E-state index in [4.69, 9.17) is 9.47 Å². The summed E-state index contributed by atoms with van der Waals surface area (Å²) in [7, 11) is -3.12. The van der Waals surface area contributed by atoms with Gasteiger partial charge in [0.15, 0.2) is 0 Å². The maximum atomic E-state index is 14.3. The largest absolute Gasteiger partial charge is 0.489 e. The molecule has 1 heterocycles. The van der Waals surface area contributed by atoms with E-state index in [1.54, 1.807) is 6.26 Å². The van der Waals surface area contributed by atoms with Gasteiger partial charge in [-0.3, -0.25) is 9.59 Å². The Hall–Kier alpha value is -2.63. The van der Waals surface area contributed by atoms with Crippen molar-refractivity contribution in [2.24, 2.45) is 0 Å². The number of likely N-dealkylation sites (tertiary alicyclic amines) is 1. The molecule has 0 bridgehead atoms. The van der Waals surface area contributed by atoms with E-state index in [1.165, 1.54) is 23.8 Å². The second kappa shape index (κ2) is 11.0. The smallest absolute Gasteiger partial charge is 0.264 e. The maximum absolute atomic E-state index is 14.3. The molecule has 11 heteroatoms. The van der Waals surface area contributed by atoms with Crippen molar-refractivity contribution in [2.45, 2.75) is 23.5 Å². The van der Waals surface area contributed by atoms with E-state index < -0.39 is 38.7 Å². The molecular formula is C22H25FN2O6S2. The minimum atomic E-state index is -4.41. The number of benzene rings is 2. The molecule has 33 heavy (non-hydrogen) atoms. The molecule has 0 spiro atoms. The maximum Gasteiger partial charge on any atom is 0.264 e. The Morgan fingerprint density at radius 2 is 1.97 bits per heavy atom. The molecular weight excluding hydrogens is 471 g/mol. The van der Waals surface area contributed by atoms with Gasteiger partial charge in [-0.2, -0.15) is 11.8 Å². The summed E-state index contributed by atoms with van der Waals surface area (Å²) < 4.78 is 52.3. The molecule has 1 unspecified atom stereocenters. The van der Waals surface area contributed by atoms with Crippen molar-refractivity contribution < 1.29 is 31.9 Å². The Bertz CT molecular complexity index is 1100. The fraction of sp³-hybridized carbons (Fsp3) is 0.364. The van der Waals surface area contributed by atoms with E-state index in [-0.39, 0.29) is 24.0 Å². The molecule has 3 rings (SSSR count). The fourth-order valence-corrected chi connectivity index (χ4v) is 5.04. The van der Waals surface area contributed by atoms with Gasteiger partial charge in [-0.25, -0.2) is 17.5 Å². The number of sulfonamides is 1. The summed E-state index contributed by atoms with van der Waals surface area (Å²) >= 11 is 1.31. The van der Waals surface area contributed by atoms with Gasteiger partial charge in [0.05, 0.1) is 11.4 Å². The lowest BCUT2D eigenvalue weighted by molar-refractivity contribution is -0.127. The number of nitrogens with one attached hydrogen (secondary N) is 1. The molecule has 1 aliphatic heterocycles. The van der Waals surface area contributed by atoms with Crippen molar-refractivity contribution in [2.75, 3.05) is 32.2 Å². The highest BCUT2D eigenvalue weighted by Crippen LogP contribution is 2.22. The number of carbonyl (C=O) groups excluding carboxylic acids is 2. The normalized spacial score (nSPS) is 16.9. The first-order valence-electron chi connectivity index (χ1n) is 10.1. The van der Waals surface area contributed by atoms with Crippen molar-refractivity contribution in [1.29, 1.82) is 0 Å². The van der Waals surface area contributed by atoms with E-state index in [2.05, 4.69) is 0 Å². The molecule has 0 aliphatic carbocycles. The van der Waals surface area contributed by atoms with Gasteiger partial charge in [0, 0.05) is 31.4 Å². The number of thioether (sulfide) groups is 1. The standard InChI is InChI=1S/C22H25FN2O6S2/c1-30-20(14-32-2)21(26)24-33(28,29)19-11-15(10-16(23)12-19)22(27)25-9-8-18(13-25)31-17-6-4-3-5-7-17/h3-7,10-12,18,20H,8-9,13-14H2,1-2H3,(H,24,26)/t18-,20?/m0/s1. The van der Waals surface area contributed by atoms with Crippen molar-refractivity contribution >= 4 is 33.6 Å². The molecule has 2 atom stereocenters. The number of carbonyl (C=O) groups is 2. The van der Waals surface area contributed by atoms with E-state index in [1.807, 2.05) is 35.1 Å². The summed E-state index contributed by atoms with van der Waals surface area (Å²) in [6, 6.07) is 12.0. The van der Waals surface area contributed by atoms with Gasteiger partial charge in [-0.1, -0.05) is 18.2 Å². The van der Waals surface area contributed by atoms with Crippen molar-refractivity contribution in [3.8, 4) is 5.75 Å². The lowest BCUT2D eigenvalue weighted by Gasteiger charge is -2.18. The molecule has 2 amide bonds. The quantitative estimate of drug-likeness (QED) is 0.568. The zero-order chi connectivity index (χ0) is 24.0. The highest BCUT2D eigenvalue weighted by atomic mass is 32.2. The lowest BCUT2D eigenvalue weighted by Crippen LogP contribution is -2.41. The highest BCUT2D eigenvalue weighted by molar-refractivity contribution is 7.98. The molecule has 178 valence electrons. The van der Waals surface area contributed by atoms with Crippen LogP contribution in [-0.4, -0.2) is 69.5 Å². The number of ether oxygens (including phenoxy) is 2. The third-order valence-electron chi connectivity index (χ3n) is 5.04. The number of para-hydroxylation sites is 1. The van der Waals surface area contributed by atoms with E-state index in [0.717, 1.165) is 18.2 Å². The third-order valence-corrected chi connectivity index (χ3v) is 7.00. The minimum Gasteiger partial charge on any atom is -0.489 e. The number of methoxy groups -OCH3 is 1. The van der Waals surface area contributed by atoms with Crippen LogP contribution in [0.4, 0.5) is 4.39 Å². The van der Waals surface area contributed by atoms with Crippen LogP contribution in [0.1, 0.15) is 16.8 Å². The summed E-state index contributed by atoms with van der Waals surface area (Å²) in [5.74, 6) is -1.37. The van der Waals surface area contributed by atoms with Gasteiger partial charge in [-0.15, -0.1) is 0 Å². The van der Waals surface area contributed by atoms with Crippen molar-refractivity contribution in [3.63, 3.8) is 0 Å². The van der Waals surface area contributed by atoms with Gasteiger partial charge >= 0.3 is 0 Å². The number of nitrogens with zero attached hydrogens (tertiary/aromatic N) is 1. The highest BCUT2D eigenvalue weighted by Gasteiger charge is 2.30. The second-order valence-corrected chi connectivity index (χ2v) is 10.0. The Morgan fingerprint density at radius 1 is 1.24 bits per heavy atom. The summed E-state index contributed by atoms with van der Waals surface area (Å²) in [6.45, 7) is 0.670. The lowest BCUT2D eigenvalue weighted by atomic mass is 10.2. The summed E-state index contributed by atoms with van der Waals surface area (Å²) in [4.78, 5) is 26.1. The Labute approximate surface area is 196 Å². The Morgan fingerprint density at radius 3 is 2.64 bits per heavy atom. The molecule has 0 aromatic heterocycles. The molecule has 8 nitrogen and oxygen atoms in total. The van der Waals surface area contributed by atoms with Crippen LogP contribution in [0.3, 0.4) is 0 Å². The second-order valence-electron chi connectivity index (χ2n) is 7.42. The zero-order valence-electron chi connectivity index (χ0n) is 18.2. The number of halogens is 1. The van der Waals surface area contributed by atoms with Gasteiger partial charge in [0.2, 0.25) is 0 Å². The van der Waals surface area contributed by atoms with Gasteiger partial charge < -0.3 is 14.4 Å². The fourth-order valence-electron chi connectivity index (χ4n) is 3.38. The van der Waals surface area contributed by atoms with Crippen LogP contribution >= 0.6 is 11.8 Å². The molecule has 2 aromatic carbocycles. The van der Waals surface area contributed by atoms with Crippen molar-refractivity contribution in [1.82, 2.24) is 9.62 Å². The average molecular weight is 497 g/mol. The zero-order valence-corrected chi connectivity index (χ0v) is 19.8. The Kier molecular flexibility index (Phi) is 8.33. The van der Waals surface area contributed by atoms with E-state index in [9.17, 15) is 22.4 Å². The minimum absolute atomic E-state index is 0.129. The summed E-state index contributed by atoms with van der Waals surface area (Å²) in [5, 5.41) is 0. The first-order chi connectivity index (χ1) is 15.7. The van der Waals surface area contributed by atoms with E-state index >= 15 is 0 Å². The first kappa shape index (κ1) is 25.0. The molecule has 2 aromatic rings. The topological polar surface area (TPSA) is 102 Å². The molecule has 0 radical (unpaired) electrons. The molecule has 1 fully saturated rings. The first-order valence-corrected chi connectivity index (χ1v) is 13.0. The average Bonchev–Trinajstić information content (AvgIpc) is 3.25. The summed E-state index contributed by atoms with van der Waals surface area (Å²) in [5.41, 5.74) is -0.129. The SMILES string of the molecule is COC(CSC)C(=O)NS(=O)(=O)c1cc(F)cc(C(=O)N2CC[C@H](Oc3ccccc3)C2)c1. The van der Waals surface area contributed by atoms with Crippen LogP contribution < -0.4 is 9.46 Å². The number of hydrogen-bond donors (Lipinski definition) is 1. The number of rotatable bonds is 9. The molecule has 1 aliphatic rings. The van der Waals surface area contributed by atoms with Crippen LogP contribution in [0.5, 0.6) is 5.75 Å². The molecule has 1 saturated heterocycles. The van der Waals surface area contributed by atoms with Gasteiger partial charge in [-0.05, 0) is 36.6 Å². The molecule has 1 N–H and O–H groups in total. The predicted octanol–water partition coefficient (Wildman–Crippen LogP) is 2.30. The monoisotopic (exact) mass is 496 g/mol. The third kappa shape index (κ3) is 6.46. The summed E-state index contributed by atoms with van der Waals surface area (Å²) in [6.07, 6.45) is 1.11. The number of hydrogen-bond acceptors (Lipinski definition) is 7. The van der Waals surface area contributed by atoms with Gasteiger partial charge in [0.1, 0.15) is 23.8 Å². The van der Waals surface area contributed by atoms with Gasteiger partial charge in [0.25, 0.3) is 21.8 Å². The van der Waals surface area contributed by atoms with Crippen LogP contribution in [0.15, 0.2) is 53.4 Å². The van der Waals surface area contributed by atoms with Crippen LogP contribution in [0.25, 0.3) is 0 Å². The van der Waals surface area contributed by atoms with Crippen LogP contribution in [0, 0.1) is 5.82 Å². The Balaban J connectivity index is 1.73. The van der Waals surface area contributed by atoms with Crippen molar-refractivity contribution in [3.05, 3.63) is 59.9 Å². The van der Waals surface area contributed by atoms with Crippen LogP contribution in [-0.2, 0) is 19.6 Å².